The van der Waals surface area contributed by atoms with Crippen molar-refractivity contribution in [3.05, 3.63) is 59.4 Å². The number of hydrogen-bond donors (Lipinski definition) is 1. The Morgan fingerprint density at radius 2 is 1.89 bits per heavy atom. The van der Waals surface area contributed by atoms with E-state index in [1.165, 1.54) is 7.11 Å². The molecule has 2 aromatic carbocycles. The van der Waals surface area contributed by atoms with Crippen LogP contribution in [-0.2, 0) is 16.0 Å². The Bertz CT molecular complexity index is 1250. The number of benzene rings is 2. The lowest BCUT2D eigenvalue weighted by Crippen LogP contribution is -2.42. The molecule has 0 unspecified atom stereocenters. The summed E-state index contributed by atoms with van der Waals surface area (Å²) in [5, 5.41) is 11.5. The van der Waals surface area contributed by atoms with E-state index in [1.807, 2.05) is 49.4 Å². The van der Waals surface area contributed by atoms with Crippen LogP contribution in [0.2, 0.25) is 0 Å². The highest BCUT2D eigenvalue weighted by atomic mass is 16.5. The molecule has 5 rings (SSSR count). The van der Waals surface area contributed by atoms with Crippen LogP contribution in [0.3, 0.4) is 0 Å². The molecule has 7 heteroatoms. The second-order valence-corrected chi connectivity index (χ2v) is 9.94. The summed E-state index contributed by atoms with van der Waals surface area (Å²) in [6.07, 6.45) is 3.89. The molecule has 0 spiro atoms. The molecule has 1 aliphatic carbocycles. The molecule has 3 aromatic rings. The normalized spacial score (nSPS) is 23.1. The number of methoxy groups -OCH3 is 1. The lowest BCUT2D eigenvalue weighted by atomic mass is 9.83. The van der Waals surface area contributed by atoms with Crippen molar-refractivity contribution in [1.82, 2.24) is 9.55 Å². The number of anilines is 1. The Morgan fingerprint density at radius 1 is 1.11 bits per heavy atom. The van der Waals surface area contributed by atoms with Crippen molar-refractivity contribution in [2.75, 3.05) is 12.0 Å². The van der Waals surface area contributed by atoms with Gasteiger partial charge in [0, 0.05) is 23.6 Å². The Kier molecular flexibility index (Phi) is 6.36. The fourth-order valence-corrected chi connectivity index (χ4v) is 5.92. The zero-order valence-electron chi connectivity index (χ0n) is 20.6. The Labute approximate surface area is 205 Å². The maximum absolute atomic E-state index is 12.6. The lowest BCUT2D eigenvalue weighted by molar-refractivity contribution is -0.122. The van der Waals surface area contributed by atoms with Gasteiger partial charge in [0.05, 0.1) is 23.8 Å². The summed E-state index contributed by atoms with van der Waals surface area (Å²) in [6.45, 7) is 3.70. The molecule has 1 saturated carbocycles. The number of carbonyl (C=O) groups excluding carboxylic acids is 2. The van der Waals surface area contributed by atoms with Gasteiger partial charge in [0.2, 0.25) is 0 Å². The summed E-state index contributed by atoms with van der Waals surface area (Å²) >= 11 is 0. The summed E-state index contributed by atoms with van der Waals surface area (Å²) in [4.78, 5) is 31.6. The van der Waals surface area contributed by atoms with Gasteiger partial charge in [0.15, 0.2) is 0 Å². The van der Waals surface area contributed by atoms with Crippen molar-refractivity contribution >= 4 is 28.6 Å². The van der Waals surface area contributed by atoms with Gasteiger partial charge in [-0.05, 0) is 63.6 Å². The van der Waals surface area contributed by atoms with E-state index in [2.05, 4.69) is 4.57 Å². The molecular formula is C28H33N3O4. The Morgan fingerprint density at radius 3 is 2.60 bits per heavy atom. The van der Waals surface area contributed by atoms with Crippen LogP contribution >= 0.6 is 0 Å². The number of Topliss-reactive ketones (excluding diaryl/α,β-unsaturated/α-hetero) is 1. The third-order valence-corrected chi connectivity index (χ3v) is 7.80. The van der Waals surface area contributed by atoms with E-state index in [0.29, 0.717) is 5.82 Å². The van der Waals surface area contributed by atoms with Crippen LogP contribution in [0.15, 0.2) is 42.5 Å². The van der Waals surface area contributed by atoms with Crippen LogP contribution < -0.4 is 4.90 Å². The van der Waals surface area contributed by atoms with Crippen molar-refractivity contribution in [1.29, 1.82) is 0 Å². The Balaban J connectivity index is 1.69. The van der Waals surface area contributed by atoms with Crippen molar-refractivity contribution in [3.8, 4) is 0 Å². The van der Waals surface area contributed by atoms with E-state index in [0.717, 1.165) is 66.4 Å². The largest absolute Gasteiger partial charge is 0.452 e. The molecule has 1 N–H and O–H groups in total. The smallest absolute Gasteiger partial charge is 0.414 e. The van der Waals surface area contributed by atoms with Gasteiger partial charge in [-0.2, -0.15) is 0 Å². The molecule has 4 atom stereocenters. The third-order valence-electron chi connectivity index (χ3n) is 7.80. The van der Waals surface area contributed by atoms with Crippen LogP contribution in [0.1, 0.15) is 75.0 Å². The molecular weight excluding hydrogens is 442 g/mol. The highest BCUT2D eigenvalue weighted by Gasteiger charge is 2.34. The second kappa shape index (κ2) is 9.46. The minimum atomic E-state index is -0.892. The molecule has 1 amide bonds. The number of amides is 1. The summed E-state index contributed by atoms with van der Waals surface area (Å²) in [7, 11) is 1.40. The number of rotatable bonds is 4. The van der Waals surface area contributed by atoms with E-state index in [4.69, 9.17) is 9.72 Å². The van der Waals surface area contributed by atoms with Crippen molar-refractivity contribution in [2.24, 2.45) is 5.92 Å². The highest BCUT2D eigenvalue weighted by Crippen LogP contribution is 2.42. The number of fused-ring (bicyclic) bond motifs is 3. The minimum absolute atomic E-state index is 0.0264. The quantitative estimate of drug-likeness (QED) is 0.550. The molecule has 184 valence electrons. The zero-order valence-corrected chi connectivity index (χ0v) is 20.6. The predicted molar refractivity (Wildman–Crippen MR) is 135 cm³/mol. The number of aryl methyl sites for hydroxylation is 1. The van der Waals surface area contributed by atoms with E-state index >= 15 is 0 Å². The summed E-state index contributed by atoms with van der Waals surface area (Å²) in [6, 6.07) is 13.7. The van der Waals surface area contributed by atoms with Gasteiger partial charge in [0.25, 0.3) is 0 Å². The number of carbonyl (C=O) groups is 2. The van der Waals surface area contributed by atoms with Crippen LogP contribution in [0.4, 0.5) is 10.5 Å². The molecule has 1 fully saturated rings. The minimum Gasteiger partial charge on any atom is -0.452 e. The van der Waals surface area contributed by atoms with Gasteiger partial charge in [-0.15, -0.1) is 0 Å². The molecule has 0 saturated heterocycles. The van der Waals surface area contributed by atoms with Crippen molar-refractivity contribution in [2.45, 2.75) is 70.6 Å². The first-order valence-electron chi connectivity index (χ1n) is 12.5. The third kappa shape index (κ3) is 4.12. The molecule has 1 aliphatic heterocycles. The predicted octanol–water partition coefficient (Wildman–Crippen LogP) is 5.35. The van der Waals surface area contributed by atoms with Gasteiger partial charge >= 0.3 is 6.09 Å². The van der Waals surface area contributed by atoms with Gasteiger partial charge < -0.3 is 14.4 Å². The Hall–Kier alpha value is -3.19. The lowest BCUT2D eigenvalue weighted by Gasteiger charge is -2.34. The van der Waals surface area contributed by atoms with Gasteiger partial charge in [-0.1, -0.05) is 36.8 Å². The fourth-order valence-electron chi connectivity index (χ4n) is 5.92. The SMILES string of the molecule is COC(=O)N1c2ccc3c(nc([C@@H](O)c4ccccc4)n3[C@H]3CCC[C@H](C(C)=O)C3)c2CC[C@@H]1C. The summed E-state index contributed by atoms with van der Waals surface area (Å²) in [5.74, 6) is 0.850. The number of aromatic nitrogens is 2. The summed E-state index contributed by atoms with van der Waals surface area (Å²) < 4.78 is 7.24. The second-order valence-electron chi connectivity index (χ2n) is 9.94. The number of aliphatic hydroxyl groups excluding tert-OH is 1. The molecule has 0 bridgehead atoms. The molecule has 7 nitrogen and oxygen atoms in total. The molecule has 0 radical (unpaired) electrons. The van der Waals surface area contributed by atoms with E-state index < -0.39 is 6.10 Å². The average molecular weight is 476 g/mol. The molecule has 35 heavy (non-hydrogen) atoms. The standard InChI is InChI=1S/C28H33N3O4/c1-17-12-13-22-23(30(17)28(34)35-3)14-15-24-25(22)29-27(26(33)19-8-5-4-6-9-19)31(24)21-11-7-10-20(16-21)18(2)32/h4-6,8-9,14-15,17,20-21,26,33H,7,10-13,16H2,1-3H3/t17-,20-,21-,26-/m0/s1. The van der Waals surface area contributed by atoms with E-state index in [-0.39, 0.29) is 29.9 Å². The number of imidazole rings is 1. The number of hydrogen-bond acceptors (Lipinski definition) is 5. The molecule has 2 aliphatic rings. The van der Waals surface area contributed by atoms with E-state index in [1.54, 1.807) is 11.8 Å². The first-order chi connectivity index (χ1) is 16.9. The average Bonchev–Trinajstić information content (AvgIpc) is 3.28. The van der Waals surface area contributed by atoms with Crippen molar-refractivity contribution < 1.29 is 19.4 Å². The maximum Gasteiger partial charge on any atom is 0.414 e. The highest BCUT2D eigenvalue weighted by molar-refractivity contribution is 5.95. The molecule has 1 aromatic heterocycles. The van der Waals surface area contributed by atoms with Crippen LogP contribution in [0.25, 0.3) is 11.0 Å². The number of nitrogens with zero attached hydrogens (tertiary/aromatic N) is 3. The van der Waals surface area contributed by atoms with Crippen molar-refractivity contribution in [3.63, 3.8) is 0 Å². The first kappa shape index (κ1) is 23.5. The first-order valence-corrected chi connectivity index (χ1v) is 12.5. The zero-order chi connectivity index (χ0) is 24.7. The summed E-state index contributed by atoms with van der Waals surface area (Å²) in [5.41, 5.74) is 4.37. The fraction of sp³-hybridized carbons (Fsp3) is 0.464. The van der Waals surface area contributed by atoms with Gasteiger partial charge in [-0.25, -0.2) is 9.78 Å². The number of ketones is 1. The number of aliphatic hydroxyl groups is 1. The van der Waals surface area contributed by atoms with Crippen LogP contribution in [0.5, 0.6) is 0 Å². The van der Waals surface area contributed by atoms with Crippen LogP contribution in [0, 0.1) is 5.92 Å². The monoisotopic (exact) mass is 475 g/mol. The van der Waals surface area contributed by atoms with Gasteiger partial charge in [0.1, 0.15) is 17.7 Å². The maximum atomic E-state index is 12.6. The van der Waals surface area contributed by atoms with Crippen LogP contribution in [-0.4, -0.2) is 39.7 Å². The van der Waals surface area contributed by atoms with E-state index in [9.17, 15) is 14.7 Å². The number of ether oxygens (including phenoxy) is 1. The molecule has 2 heterocycles. The topological polar surface area (TPSA) is 84.7 Å². The van der Waals surface area contributed by atoms with Gasteiger partial charge in [-0.3, -0.25) is 9.69 Å².